The number of aromatic nitrogens is 3. The van der Waals surface area contributed by atoms with Crippen LogP contribution in [0.2, 0.25) is 0 Å². The van der Waals surface area contributed by atoms with Crippen LogP contribution in [0.25, 0.3) is 5.65 Å². The van der Waals surface area contributed by atoms with Gasteiger partial charge in [-0.1, -0.05) is 6.92 Å². The maximum atomic E-state index is 11.3. The zero-order valence-corrected chi connectivity index (χ0v) is 10.2. The standard InChI is InChI=1S/C12H16N4O2/c1-7-2-3-8(13-6-7)9-4-10-14-11(17)5-12(18)16(10)15-9/h4-5,7-8,13,18H,2-3,6H2,1H3,(H,14,17)/t7-,8-/m0/s1. The van der Waals surface area contributed by atoms with E-state index in [0.29, 0.717) is 11.6 Å². The maximum Gasteiger partial charge on any atom is 0.254 e. The molecule has 0 radical (unpaired) electrons. The first-order valence-corrected chi connectivity index (χ1v) is 6.19. The van der Waals surface area contributed by atoms with E-state index in [-0.39, 0.29) is 17.5 Å². The van der Waals surface area contributed by atoms with Crippen LogP contribution in [0, 0.1) is 5.92 Å². The lowest BCUT2D eigenvalue weighted by molar-refractivity contribution is 0.327. The van der Waals surface area contributed by atoms with Gasteiger partial charge in [0.15, 0.2) is 0 Å². The number of H-pyrrole nitrogens is 1. The third kappa shape index (κ3) is 1.88. The zero-order valence-electron chi connectivity index (χ0n) is 10.2. The first-order chi connectivity index (χ1) is 8.63. The van der Waals surface area contributed by atoms with Gasteiger partial charge in [0.25, 0.3) is 5.56 Å². The van der Waals surface area contributed by atoms with Crippen LogP contribution in [0.15, 0.2) is 16.9 Å². The molecule has 1 aliphatic heterocycles. The molecule has 2 aromatic rings. The van der Waals surface area contributed by atoms with Gasteiger partial charge in [-0.15, -0.1) is 0 Å². The van der Waals surface area contributed by atoms with Gasteiger partial charge in [0, 0.05) is 6.07 Å². The minimum atomic E-state index is -0.323. The van der Waals surface area contributed by atoms with Crippen molar-refractivity contribution in [3.05, 3.63) is 28.2 Å². The molecule has 2 atom stereocenters. The predicted octanol–water partition coefficient (Wildman–Crippen LogP) is 0.789. The van der Waals surface area contributed by atoms with E-state index in [1.165, 1.54) is 4.52 Å². The van der Waals surface area contributed by atoms with Crippen molar-refractivity contribution in [2.75, 3.05) is 6.54 Å². The Hall–Kier alpha value is -1.82. The summed E-state index contributed by atoms with van der Waals surface area (Å²) in [6.07, 6.45) is 2.18. The Bertz CT molecular complexity index is 623. The summed E-state index contributed by atoms with van der Waals surface area (Å²) in [5, 5.41) is 17.4. The maximum absolute atomic E-state index is 11.3. The molecule has 6 heteroatoms. The fourth-order valence-electron chi connectivity index (χ4n) is 2.43. The normalized spacial score (nSPS) is 24.5. The second-order valence-electron chi connectivity index (χ2n) is 5.00. The number of nitrogens with zero attached hydrogens (tertiary/aromatic N) is 2. The number of hydrogen-bond donors (Lipinski definition) is 3. The quantitative estimate of drug-likeness (QED) is 0.696. The highest BCUT2D eigenvalue weighted by molar-refractivity contribution is 5.42. The summed E-state index contributed by atoms with van der Waals surface area (Å²) in [5.41, 5.74) is 1.06. The topological polar surface area (TPSA) is 82.4 Å². The molecule has 0 unspecified atom stereocenters. The first kappa shape index (κ1) is 11.3. The highest BCUT2D eigenvalue weighted by atomic mass is 16.3. The van der Waals surface area contributed by atoms with Crippen LogP contribution in [-0.2, 0) is 0 Å². The average Bonchev–Trinajstić information content (AvgIpc) is 2.74. The lowest BCUT2D eigenvalue weighted by atomic mass is 9.95. The van der Waals surface area contributed by atoms with E-state index in [4.69, 9.17) is 0 Å². The summed E-state index contributed by atoms with van der Waals surface area (Å²) in [6.45, 7) is 3.19. The Morgan fingerprint density at radius 2 is 2.28 bits per heavy atom. The van der Waals surface area contributed by atoms with Gasteiger partial charge in [-0.25, -0.2) is 0 Å². The molecule has 3 rings (SSSR count). The van der Waals surface area contributed by atoms with Gasteiger partial charge < -0.3 is 15.4 Å². The van der Waals surface area contributed by atoms with Crippen LogP contribution >= 0.6 is 0 Å². The molecule has 0 spiro atoms. The Morgan fingerprint density at radius 1 is 1.44 bits per heavy atom. The van der Waals surface area contributed by atoms with Crippen molar-refractivity contribution < 1.29 is 5.11 Å². The van der Waals surface area contributed by atoms with Crippen molar-refractivity contribution >= 4 is 5.65 Å². The molecule has 1 aliphatic rings. The van der Waals surface area contributed by atoms with E-state index in [9.17, 15) is 9.90 Å². The van der Waals surface area contributed by atoms with Gasteiger partial charge in [0.1, 0.15) is 5.65 Å². The van der Waals surface area contributed by atoms with E-state index in [1.54, 1.807) is 0 Å². The van der Waals surface area contributed by atoms with E-state index in [2.05, 4.69) is 22.3 Å². The molecule has 18 heavy (non-hydrogen) atoms. The van der Waals surface area contributed by atoms with E-state index in [1.807, 2.05) is 6.07 Å². The van der Waals surface area contributed by atoms with Gasteiger partial charge in [-0.2, -0.15) is 9.61 Å². The van der Waals surface area contributed by atoms with Crippen LogP contribution in [0.4, 0.5) is 0 Å². The lowest BCUT2D eigenvalue weighted by Crippen LogP contribution is -2.32. The van der Waals surface area contributed by atoms with Gasteiger partial charge in [0.2, 0.25) is 5.88 Å². The third-order valence-corrected chi connectivity index (χ3v) is 3.47. The number of rotatable bonds is 1. The SMILES string of the molecule is C[C@H]1CC[C@@H](c2cc3[nH]c(=O)cc(O)n3n2)NC1. The van der Waals surface area contributed by atoms with Crippen molar-refractivity contribution in [1.82, 2.24) is 19.9 Å². The third-order valence-electron chi connectivity index (χ3n) is 3.47. The highest BCUT2D eigenvalue weighted by Gasteiger charge is 2.21. The molecule has 3 N–H and O–H groups in total. The summed E-state index contributed by atoms with van der Waals surface area (Å²) in [4.78, 5) is 13.9. The van der Waals surface area contributed by atoms with Crippen molar-refractivity contribution in [3.63, 3.8) is 0 Å². The Morgan fingerprint density at radius 3 is 3.00 bits per heavy atom. The molecule has 2 aromatic heterocycles. The first-order valence-electron chi connectivity index (χ1n) is 6.19. The van der Waals surface area contributed by atoms with E-state index >= 15 is 0 Å². The lowest BCUT2D eigenvalue weighted by Gasteiger charge is -2.26. The number of nitrogens with one attached hydrogen (secondary N) is 2. The van der Waals surface area contributed by atoms with Crippen LogP contribution < -0.4 is 10.9 Å². The fraction of sp³-hybridized carbons (Fsp3) is 0.500. The summed E-state index contributed by atoms with van der Waals surface area (Å²) in [6, 6.07) is 3.14. The molecular formula is C12H16N4O2. The largest absolute Gasteiger partial charge is 0.493 e. The summed E-state index contributed by atoms with van der Waals surface area (Å²) < 4.78 is 1.36. The minimum absolute atomic E-state index is 0.135. The number of aromatic hydroxyl groups is 1. The van der Waals surface area contributed by atoms with Crippen molar-refractivity contribution in [2.45, 2.75) is 25.8 Å². The molecule has 0 amide bonds. The molecule has 1 saturated heterocycles. The monoisotopic (exact) mass is 248 g/mol. The molecule has 0 saturated carbocycles. The number of hydrogen-bond acceptors (Lipinski definition) is 4. The molecular weight excluding hydrogens is 232 g/mol. The Labute approximate surface area is 104 Å². The second-order valence-corrected chi connectivity index (χ2v) is 5.00. The minimum Gasteiger partial charge on any atom is -0.493 e. The zero-order chi connectivity index (χ0) is 12.7. The van der Waals surface area contributed by atoms with Gasteiger partial charge in [-0.05, 0) is 25.3 Å². The molecule has 0 aliphatic carbocycles. The molecule has 3 heterocycles. The van der Waals surface area contributed by atoms with Crippen LogP contribution in [0.3, 0.4) is 0 Å². The summed E-state index contributed by atoms with van der Waals surface area (Å²) in [5.74, 6) is 0.552. The van der Waals surface area contributed by atoms with Crippen molar-refractivity contribution in [2.24, 2.45) is 5.92 Å². The number of aromatic amines is 1. The van der Waals surface area contributed by atoms with Crippen LogP contribution in [0.1, 0.15) is 31.5 Å². The highest BCUT2D eigenvalue weighted by Crippen LogP contribution is 2.25. The Kier molecular flexibility index (Phi) is 2.59. The summed E-state index contributed by atoms with van der Waals surface area (Å²) >= 11 is 0. The van der Waals surface area contributed by atoms with E-state index in [0.717, 1.165) is 31.1 Å². The molecule has 0 aromatic carbocycles. The smallest absolute Gasteiger partial charge is 0.254 e. The second kappa shape index (κ2) is 4.13. The number of fused-ring (bicyclic) bond motifs is 1. The van der Waals surface area contributed by atoms with Crippen LogP contribution in [0.5, 0.6) is 5.88 Å². The summed E-state index contributed by atoms with van der Waals surface area (Å²) in [7, 11) is 0. The fourth-order valence-corrected chi connectivity index (χ4v) is 2.43. The number of piperidine rings is 1. The van der Waals surface area contributed by atoms with Gasteiger partial charge in [0.05, 0.1) is 17.8 Å². The molecule has 0 bridgehead atoms. The van der Waals surface area contributed by atoms with Crippen molar-refractivity contribution in [1.29, 1.82) is 0 Å². The molecule has 6 nitrogen and oxygen atoms in total. The molecule has 96 valence electrons. The van der Waals surface area contributed by atoms with E-state index < -0.39 is 0 Å². The predicted molar refractivity (Wildman–Crippen MR) is 66.6 cm³/mol. The van der Waals surface area contributed by atoms with Gasteiger partial charge in [-0.3, -0.25) is 4.79 Å². The average molecular weight is 248 g/mol. The van der Waals surface area contributed by atoms with Crippen LogP contribution in [-0.4, -0.2) is 26.2 Å². The Balaban J connectivity index is 1.98. The molecule has 1 fully saturated rings. The van der Waals surface area contributed by atoms with Crippen molar-refractivity contribution in [3.8, 4) is 5.88 Å². The van der Waals surface area contributed by atoms with Gasteiger partial charge >= 0.3 is 0 Å².